The summed E-state index contributed by atoms with van der Waals surface area (Å²) in [6.45, 7) is 1.19. The third kappa shape index (κ3) is 5.32. The Morgan fingerprint density at radius 3 is 2.43 bits per heavy atom. The molecule has 1 N–H and O–H groups in total. The molecular weight excluding hydrogens is 470 g/mol. The van der Waals surface area contributed by atoms with Crippen LogP contribution in [-0.4, -0.2) is 67.9 Å². The number of ether oxygens (including phenoxy) is 1. The number of benzene rings is 2. The minimum Gasteiger partial charge on any atom is -0.497 e. The van der Waals surface area contributed by atoms with Gasteiger partial charge in [-0.25, -0.2) is 13.2 Å². The van der Waals surface area contributed by atoms with Crippen molar-refractivity contribution >= 4 is 33.4 Å². The van der Waals surface area contributed by atoms with Gasteiger partial charge in [-0.2, -0.15) is 0 Å². The van der Waals surface area contributed by atoms with E-state index in [-0.39, 0.29) is 11.5 Å². The first kappa shape index (κ1) is 24.7. The van der Waals surface area contributed by atoms with Gasteiger partial charge < -0.3 is 15.0 Å². The molecule has 2 atom stereocenters. The summed E-state index contributed by atoms with van der Waals surface area (Å²) < 4.78 is 29.3. The highest BCUT2D eigenvalue weighted by molar-refractivity contribution is 7.91. The van der Waals surface area contributed by atoms with Crippen molar-refractivity contribution in [1.29, 1.82) is 0 Å². The number of imide groups is 1. The predicted molar refractivity (Wildman–Crippen MR) is 131 cm³/mol. The van der Waals surface area contributed by atoms with E-state index < -0.39 is 45.8 Å². The van der Waals surface area contributed by atoms with Gasteiger partial charge in [-0.15, -0.1) is 0 Å². The van der Waals surface area contributed by atoms with Crippen molar-refractivity contribution in [2.24, 2.45) is 0 Å². The van der Waals surface area contributed by atoms with Crippen LogP contribution in [0.3, 0.4) is 0 Å². The molecule has 9 nitrogen and oxygen atoms in total. The van der Waals surface area contributed by atoms with Gasteiger partial charge in [0.05, 0.1) is 24.7 Å². The normalized spacial score (nSPS) is 23.3. The number of sulfone groups is 1. The van der Waals surface area contributed by atoms with E-state index in [0.29, 0.717) is 24.9 Å². The lowest BCUT2D eigenvalue weighted by Gasteiger charge is -2.30. The molecule has 4 rings (SSSR count). The number of amides is 4. The average Bonchev–Trinajstić information content (AvgIpc) is 3.30. The highest BCUT2D eigenvalue weighted by Crippen LogP contribution is 2.27. The van der Waals surface area contributed by atoms with Crippen LogP contribution in [0, 0.1) is 0 Å². The van der Waals surface area contributed by atoms with E-state index in [9.17, 15) is 22.8 Å². The Hall–Kier alpha value is -3.40. The average molecular weight is 500 g/mol. The molecular formula is C25H29N3O6S. The van der Waals surface area contributed by atoms with Crippen LogP contribution in [-0.2, 0) is 25.8 Å². The van der Waals surface area contributed by atoms with Gasteiger partial charge in [0.2, 0.25) is 5.91 Å². The second kappa shape index (κ2) is 9.69. The molecule has 0 unspecified atom stereocenters. The third-order valence-electron chi connectivity index (χ3n) is 6.59. The van der Waals surface area contributed by atoms with Crippen molar-refractivity contribution < 1.29 is 27.5 Å². The molecule has 0 radical (unpaired) electrons. The Bertz CT molecular complexity index is 1220. The van der Waals surface area contributed by atoms with E-state index in [2.05, 4.69) is 5.32 Å². The fourth-order valence-electron chi connectivity index (χ4n) is 4.58. The summed E-state index contributed by atoms with van der Waals surface area (Å²) in [5.41, 5.74) is 0.376. The van der Waals surface area contributed by atoms with E-state index in [0.717, 1.165) is 16.2 Å². The molecule has 2 aromatic carbocycles. The van der Waals surface area contributed by atoms with E-state index in [4.69, 9.17) is 4.74 Å². The molecule has 2 fully saturated rings. The maximum atomic E-state index is 13.4. The lowest BCUT2D eigenvalue weighted by Crippen LogP contribution is -2.49. The molecule has 35 heavy (non-hydrogen) atoms. The van der Waals surface area contributed by atoms with Crippen molar-refractivity contribution in [3.63, 3.8) is 0 Å². The fourth-order valence-corrected chi connectivity index (χ4v) is 6.28. The van der Waals surface area contributed by atoms with Crippen LogP contribution in [0.1, 0.15) is 25.3 Å². The van der Waals surface area contributed by atoms with Gasteiger partial charge in [0.15, 0.2) is 9.84 Å². The lowest BCUT2D eigenvalue weighted by molar-refractivity contribution is -0.134. The number of aryl methyl sites for hydroxylation is 1. The molecule has 0 saturated carbocycles. The van der Waals surface area contributed by atoms with Gasteiger partial charge in [-0.05, 0) is 56.0 Å². The Labute approximate surface area is 205 Å². The number of hydrogen-bond donors (Lipinski definition) is 1. The number of carbonyl (C=O) groups is 3. The fraction of sp³-hybridized carbons (Fsp3) is 0.400. The highest BCUT2D eigenvalue weighted by atomic mass is 32.2. The number of para-hydroxylation sites is 1. The van der Waals surface area contributed by atoms with Crippen molar-refractivity contribution in [3.8, 4) is 5.75 Å². The first-order chi connectivity index (χ1) is 16.6. The topological polar surface area (TPSA) is 113 Å². The van der Waals surface area contributed by atoms with Crippen molar-refractivity contribution in [2.45, 2.75) is 37.8 Å². The Balaban J connectivity index is 1.48. The third-order valence-corrected chi connectivity index (χ3v) is 8.34. The molecule has 0 aromatic heterocycles. The first-order valence-corrected chi connectivity index (χ1v) is 13.3. The summed E-state index contributed by atoms with van der Waals surface area (Å²) in [6, 6.07) is 15.0. The number of hydrogen-bond acceptors (Lipinski definition) is 6. The van der Waals surface area contributed by atoms with Gasteiger partial charge in [0, 0.05) is 5.69 Å². The van der Waals surface area contributed by atoms with Gasteiger partial charge in [0.25, 0.3) is 5.91 Å². The summed E-state index contributed by atoms with van der Waals surface area (Å²) in [5.74, 6) is -0.390. The van der Waals surface area contributed by atoms with E-state index in [1.807, 2.05) is 24.3 Å². The van der Waals surface area contributed by atoms with Crippen LogP contribution in [0.15, 0.2) is 54.6 Å². The zero-order valence-electron chi connectivity index (χ0n) is 19.8. The molecule has 2 aromatic rings. The van der Waals surface area contributed by atoms with Gasteiger partial charge >= 0.3 is 6.03 Å². The lowest BCUT2D eigenvalue weighted by atomic mass is 9.93. The van der Waals surface area contributed by atoms with Crippen molar-refractivity contribution in [2.75, 3.05) is 30.1 Å². The summed E-state index contributed by atoms with van der Waals surface area (Å²) in [7, 11) is -1.66. The number of rotatable bonds is 8. The molecule has 2 aliphatic heterocycles. The van der Waals surface area contributed by atoms with E-state index in [1.54, 1.807) is 44.4 Å². The summed E-state index contributed by atoms with van der Waals surface area (Å²) >= 11 is 0. The molecule has 0 bridgehead atoms. The maximum Gasteiger partial charge on any atom is 0.325 e. The Morgan fingerprint density at radius 1 is 1.14 bits per heavy atom. The standard InChI is InChI=1S/C25H29N3O6S/c1-25(14-12-18-8-10-21(34-2)11-9-18)23(30)27(24(31)26-25)16-22(29)28(19-6-4-3-5-7-19)20-13-15-35(32,33)17-20/h3-11,20H,12-17H2,1-2H3,(H,26,31)/t20-,25-/m1/s1. The van der Waals surface area contributed by atoms with Crippen LogP contribution < -0.4 is 15.0 Å². The molecule has 4 amide bonds. The smallest absolute Gasteiger partial charge is 0.325 e. The number of carbonyl (C=O) groups excluding carboxylic acids is 3. The van der Waals surface area contributed by atoms with Crippen LogP contribution in [0.2, 0.25) is 0 Å². The van der Waals surface area contributed by atoms with Gasteiger partial charge in [-0.1, -0.05) is 30.3 Å². The molecule has 10 heteroatoms. The molecule has 2 saturated heterocycles. The number of anilines is 1. The number of methoxy groups -OCH3 is 1. The Morgan fingerprint density at radius 2 is 1.83 bits per heavy atom. The van der Waals surface area contributed by atoms with Crippen LogP contribution in [0.5, 0.6) is 5.75 Å². The molecule has 0 spiro atoms. The zero-order valence-corrected chi connectivity index (χ0v) is 20.6. The molecule has 2 heterocycles. The molecule has 186 valence electrons. The van der Waals surface area contributed by atoms with Crippen LogP contribution >= 0.6 is 0 Å². The number of nitrogens with zero attached hydrogens (tertiary/aromatic N) is 2. The van der Waals surface area contributed by atoms with Crippen LogP contribution in [0.25, 0.3) is 0 Å². The quantitative estimate of drug-likeness (QED) is 0.557. The second-order valence-corrected chi connectivity index (χ2v) is 11.4. The second-order valence-electron chi connectivity index (χ2n) is 9.16. The highest BCUT2D eigenvalue weighted by Gasteiger charge is 2.48. The molecule has 0 aliphatic carbocycles. The SMILES string of the molecule is COc1ccc(CC[C@@]2(C)NC(=O)N(CC(=O)N(c3ccccc3)[C@@H]3CCS(=O)(=O)C3)C2=O)cc1. The number of urea groups is 1. The van der Waals surface area contributed by atoms with E-state index >= 15 is 0 Å². The van der Waals surface area contributed by atoms with Crippen molar-refractivity contribution in [3.05, 3.63) is 60.2 Å². The predicted octanol–water partition coefficient (Wildman–Crippen LogP) is 2.16. The Kier molecular flexibility index (Phi) is 6.84. The van der Waals surface area contributed by atoms with Gasteiger partial charge in [-0.3, -0.25) is 14.5 Å². The minimum atomic E-state index is -3.25. The maximum absolute atomic E-state index is 13.4. The monoisotopic (exact) mass is 499 g/mol. The summed E-state index contributed by atoms with van der Waals surface area (Å²) in [5, 5.41) is 2.74. The summed E-state index contributed by atoms with van der Waals surface area (Å²) in [6.07, 6.45) is 1.21. The largest absolute Gasteiger partial charge is 0.497 e. The van der Waals surface area contributed by atoms with E-state index in [1.165, 1.54) is 4.90 Å². The van der Waals surface area contributed by atoms with Gasteiger partial charge in [0.1, 0.15) is 17.8 Å². The first-order valence-electron chi connectivity index (χ1n) is 11.5. The van der Waals surface area contributed by atoms with Crippen molar-refractivity contribution in [1.82, 2.24) is 10.2 Å². The minimum absolute atomic E-state index is 0.000836. The zero-order chi connectivity index (χ0) is 25.2. The summed E-state index contributed by atoms with van der Waals surface area (Å²) in [4.78, 5) is 41.7. The molecule has 2 aliphatic rings. The number of nitrogens with one attached hydrogen (secondary N) is 1. The van der Waals surface area contributed by atoms with Crippen LogP contribution in [0.4, 0.5) is 10.5 Å².